The van der Waals surface area contributed by atoms with Crippen molar-refractivity contribution in [2.75, 3.05) is 0 Å². The van der Waals surface area contributed by atoms with Crippen molar-refractivity contribution in [2.24, 2.45) is 11.8 Å². The Labute approximate surface area is 142 Å². The summed E-state index contributed by atoms with van der Waals surface area (Å²) < 4.78 is 2.03. The predicted octanol–water partition coefficient (Wildman–Crippen LogP) is 3.03. The van der Waals surface area contributed by atoms with E-state index in [1.54, 1.807) is 6.20 Å². The Morgan fingerprint density at radius 2 is 2.17 bits per heavy atom. The molecule has 3 atom stereocenters. The number of para-hydroxylation sites is 1. The van der Waals surface area contributed by atoms with E-state index in [-0.39, 0.29) is 0 Å². The zero-order valence-electron chi connectivity index (χ0n) is 13.1. The Balaban J connectivity index is 1.37. The van der Waals surface area contributed by atoms with Crippen LogP contribution >= 0.6 is 12.2 Å². The first-order valence-corrected chi connectivity index (χ1v) is 8.81. The van der Waals surface area contributed by atoms with Crippen molar-refractivity contribution in [2.45, 2.75) is 38.3 Å². The van der Waals surface area contributed by atoms with E-state index in [1.807, 2.05) is 23.2 Å². The Morgan fingerprint density at radius 1 is 1.26 bits per heavy atom. The number of nitrogens with zero attached hydrogens (tertiary/aromatic N) is 2. The number of hydrogen-bond donors (Lipinski definition) is 2. The molecule has 2 N–H and O–H groups in total. The van der Waals surface area contributed by atoms with Crippen molar-refractivity contribution in [3.05, 3.63) is 48.5 Å². The highest BCUT2D eigenvalue weighted by Crippen LogP contribution is 2.44. The molecule has 0 radical (unpaired) electrons. The number of aromatic nitrogens is 2. The second kappa shape index (κ2) is 6.32. The fourth-order valence-corrected chi connectivity index (χ4v) is 4.35. The van der Waals surface area contributed by atoms with Gasteiger partial charge in [-0.1, -0.05) is 24.6 Å². The van der Waals surface area contributed by atoms with Gasteiger partial charge in [0.05, 0.1) is 12.0 Å². The van der Waals surface area contributed by atoms with Gasteiger partial charge in [0.25, 0.3) is 0 Å². The lowest BCUT2D eigenvalue weighted by molar-refractivity contribution is 0.389. The van der Waals surface area contributed by atoms with E-state index in [2.05, 4.69) is 33.8 Å². The quantitative estimate of drug-likeness (QED) is 0.848. The van der Waals surface area contributed by atoms with Crippen LogP contribution in [-0.2, 0) is 6.54 Å². The molecule has 0 saturated heterocycles. The number of rotatable bonds is 4. The van der Waals surface area contributed by atoms with Gasteiger partial charge in [0.1, 0.15) is 0 Å². The first-order valence-electron chi connectivity index (χ1n) is 8.40. The molecular formula is C18H22N4S. The maximum absolute atomic E-state index is 5.51. The van der Waals surface area contributed by atoms with Gasteiger partial charge in [0, 0.05) is 25.0 Å². The largest absolute Gasteiger partial charge is 0.360 e. The van der Waals surface area contributed by atoms with E-state index < -0.39 is 0 Å². The molecule has 3 unspecified atom stereocenters. The van der Waals surface area contributed by atoms with E-state index in [4.69, 9.17) is 12.2 Å². The van der Waals surface area contributed by atoms with Gasteiger partial charge in [-0.25, -0.2) is 4.98 Å². The zero-order chi connectivity index (χ0) is 15.6. The maximum atomic E-state index is 5.51. The summed E-state index contributed by atoms with van der Waals surface area (Å²) in [7, 11) is 0. The second-order valence-corrected chi connectivity index (χ2v) is 7.12. The molecule has 4 nitrogen and oxygen atoms in total. The predicted molar refractivity (Wildman–Crippen MR) is 95.4 cm³/mol. The van der Waals surface area contributed by atoms with Crippen molar-refractivity contribution in [1.29, 1.82) is 0 Å². The highest BCUT2D eigenvalue weighted by molar-refractivity contribution is 7.80. The first-order chi connectivity index (χ1) is 11.3. The topological polar surface area (TPSA) is 41.9 Å². The van der Waals surface area contributed by atoms with Gasteiger partial charge in [-0.05, 0) is 54.9 Å². The molecule has 0 spiro atoms. The second-order valence-electron chi connectivity index (χ2n) is 6.71. The van der Waals surface area contributed by atoms with Crippen LogP contribution in [0.3, 0.4) is 0 Å². The molecule has 2 aliphatic carbocycles. The third kappa shape index (κ3) is 3.11. The van der Waals surface area contributed by atoms with Crippen LogP contribution in [0.15, 0.2) is 43.0 Å². The summed E-state index contributed by atoms with van der Waals surface area (Å²) in [5.41, 5.74) is 2.35. The molecular weight excluding hydrogens is 304 g/mol. The van der Waals surface area contributed by atoms with Crippen molar-refractivity contribution in [1.82, 2.24) is 20.2 Å². The minimum atomic E-state index is 0.581. The molecule has 2 aliphatic rings. The Morgan fingerprint density at radius 3 is 2.91 bits per heavy atom. The minimum absolute atomic E-state index is 0.581. The molecule has 2 saturated carbocycles. The lowest BCUT2D eigenvalue weighted by Gasteiger charge is -2.24. The number of imidazole rings is 1. The summed E-state index contributed by atoms with van der Waals surface area (Å²) in [4.78, 5) is 4.13. The third-order valence-electron chi connectivity index (χ3n) is 5.27. The normalized spacial score (nSPS) is 25.5. The number of thiocarbonyl (C=S) groups is 1. The number of fused-ring (bicyclic) bond motifs is 2. The number of hydrogen-bond acceptors (Lipinski definition) is 2. The molecule has 23 heavy (non-hydrogen) atoms. The van der Waals surface area contributed by atoms with E-state index >= 15 is 0 Å². The van der Waals surface area contributed by atoms with Crippen molar-refractivity contribution < 1.29 is 0 Å². The van der Waals surface area contributed by atoms with Gasteiger partial charge in [-0.15, -0.1) is 0 Å². The molecule has 1 aromatic carbocycles. The molecule has 0 aliphatic heterocycles. The van der Waals surface area contributed by atoms with Crippen molar-refractivity contribution in [3.8, 4) is 5.69 Å². The summed E-state index contributed by atoms with van der Waals surface area (Å²) in [6.07, 6.45) is 11.1. The Hall–Kier alpha value is -1.88. The molecule has 2 aromatic rings. The summed E-state index contributed by atoms with van der Waals surface area (Å²) in [6, 6.07) is 8.92. The van der Waals surface area contributed by atoms with Crippen LogP contribution in [0.25, 0.3) is 5.69 Å². The van der Waals surface area contributed by atoms with E-state index in [0.717, 1.165) is 29.2 Å². The zero-order valence-corrected chi connectivity index (χ0v) is 13.9. The molecule has 4 rings (SSSR count). The van der Waals surface area contributed by atoms with Gasteiger partial charge in [0.2, 0.25) is 0 Å². The summed E-state index contributed by atoms with van der Waals surface area (Å²) in [6.45, 7) is 0.723. The minimum Gasteiger partial charge on any atom is -0.360 e. The lowest BCUT2D eigenvalue weighted by atomic mass is 9.96. The van der Waals surface area contributed by atoms with Crippen LogP contribution in [0, 0.1) is 11.8 Å². The fraction of sp³-hybridized carbons (Fsp3) is 0.444. The highest BCUT2D eigenvalue weighted by Gasteiger charge is 2.39. The third-order valence-corrected chi connectivity index (χ3v) is 5.53. The Kier molecular flexibility index (Phi) is 4.04. The summed E-state index contributed by atoms with van der Waals surface area (Å²) in [5, 5.41) is 7.69. The standard InChI is InChI=1S/C18H22N4S/c23-18(21-16-10-13-5-6-14(16)9-13)20-11-15-3-1-2-4-17(15)22-8-7-19-12-22/h1-4,7-8,12-14,16H,5-6,9-11H2,(H2,20,21,23). The fourth-order valence-electron chi connectivity index (χ4n) is 4.13. The lowest BCUT2D eigenvalue weighted by Crippen LogP contribution is -2.44. The van der Waals surface area contributed by atoms with Crippen LogP contribution in [-0.4, -0.2) is 20.7 Å². The van der Waals surface area contributed by atoms with Crippen LogP contribution in [0.5, 0.6) is 0 Å². The van der Waals surface area contributed by atoms with E-state index in [1.165, 1.54) is 31.2 Å². The molecule has 5 heteroatoms. The average molecular weight is 326 g/mol. The highest BCUT2D eigenvalue weighted by atomic mass is 32.1. The molecule has 0 amide bonds. The van der Waals surface area contributed by atoms with Crippen molar-refractivity contribution >= 4 is 17.3 Å². The molecule has 1 heterocycles. The molecule has 2 fully saturated rings. The van der Waals surface area contributed by atoms with Crippen LogP contribution in [0.1, 0.15) is 31.2 Å². The monoisotopic (exact) mass is 326 g/mol. The molecule has 2 bridgehead atoms. The van der Waals surface area contributed by atoms with Crippen LogP contribution < -0.4 is 10.6 Å². The van der Waals surface area contributed by atoms with E-state index in [0.29, 0.717) is 6.04 Å². The van der Waals surface area contributed by atoms with Crippen molar-refractivity contribution in [3.63, 3.8) is 0 Å². The van der Waals surface area contributed by atoms with Gasteiger partial charge in [-0.2, -0.15) is 0 Å². The Bertz CT molecular complexity index is 682. The average Bonchev–Trinajstić information content (AvgIpc) is 3.31. The maximum Gasteiger partial charge on any atom is 0.166 e. The SMILES string of the molecule is S=C(NCc1ccccc1-n1ccnc1)NC1CC2CCC1C2. The first kappa shape index (κ1) is 14.7. The van der Waals surface area contributed by atoms with Gasteiger partial charge < -0.3 is 15.2 Å². The van der Waals surface area contributed by atoms with Gasteiger partial charge >= 0.3 is 0 Å². The number of nitrogens with one attached hydrogen (secondary N) is 2. The molecule has 120 valence electrons. The number of benzene rings is 1. The molecule has 1 aromatic heterocycles. The van der Waals surface area contributed by atoms with Gasteiger partial charge in [-0.3, -0.25) is 0 Å². The summed E-state index contributed by atoms with van der Waals surface area (Å²) in [5.74, 6) is 1.76. The van der Waals surface area contributed by atoms with Gasteiger partial charge in [0.15, 0.2) is 5.11 Å². The van der Waals surface area contributed by atoms with Crippen LogP contribution in [0.2, 0.25) is 0 Å². The summed E-state index contributed by atoms with van der Waals surface area (Å²) >= 11 is 5.51. The van der Waals surface area contributed by atoms with E-state index in [9.17, 15) is 0 Å². The smallest absolute Gasteiger partial charge is 0.166 e. The van der Waals surface area contributed by atoms with Crippen LogP contribution in [0.4, 0.5) is 0 Å².